The number of amides is 1. The Morgan fingerprint density at radius 1 is 1.29 bits per heavy atom. The highest BCUT2D eigenvalue weighted by Crippen LogP contribution is 2.20. The van der Waals surface area contributed by atoms with E-state index >= 15 is 0 Å². The maximum Gasteiger partial charge on any atom is 0.228 e. The van der Waals surface area contributed by atoms with Gasteiger partial charge in [0.1, 0.15) is 5.75 Å². The number of hydrogen-bond donors (Lipinski definition) is 2. The molecule has 0 spiro atoms. The van der Waals surface area contributed by atoms with E-state index < -0.39 is 0 Å². The lowest BCUT2D eigenvalue weighted by atomic mass is 10.1. The number of methoxy groups -OCH3 is 1. The van der Waals surface area contributed by atoms with Crippen molar-refractivity contribution in [3.63, 3.8) is 0 Å². The van der Waals surface area contributed by atoms with Gasteiger partial charge in [-0.2, -0.15) is 5.10 Å². The number of H-pyrrole nitrogens is 1. The summed E-state index contributed by atoms with van der Waals surface area (Å²) < 4.78 is 5.25. The molecule has 0 bridgehead atoms. The van der Waals surface area contributed by atoms with Crippen molar-refractivity contribution in [2.45, 2.75) is 6.42 Å². The summed E-state index contributed by atoms with van der Waals surface area (Å²) in [6.45, 7) is 0. The molecule has 5 heteroatoms. The maximum absolute atomic E-state index is 12.1. The second-order valence-corrected chi connectivity index (χ2v) is 4.71. The lowest BCUT2D eigenvalue weighted by Gasteiger charge is -2.09. The third kappa shape index (κ3) is 2.86. The fraction of sp³-hybridized carbons (Fsp3) is 0.125. The van der Waals surface area contributed by atoms with Crippen LogP contribution < -0.4 is 10.1 Å². The van der Waals surface area contributed by atoms with Gasteiger partial charge in [-0.3, -0.25) is 9.89 Å². The summed E-state index contributed by atoms with van der Waals surface area (Å²) in [6.07, 6.45) is 2.01. The van der Waals surface area contributed by atoms with E-state index in [1.54, 1.807) is 13.3 Å². The van der Waals surface area contributed by atoms with Crippen LogP contribution in [0.5, 0.6) is 5.75 Å². The zero-order chi connectivity index (χ0) is 14.7. The predicted molar refractivity (Wildman–Crippen MR) is 81.4 cm³/mol. The number of aromatic nitrogens is 2. The molecule has 1 aromatic heterocycles. The summed E-state index contributed by atoms with van der Waals surface area (Å²) in [5, 5.41) is 10.7. The average Bonchev–Trinajstić information content (AvgIpc) is 2.95. The minimum Gasteiger partial charge on any atom is -0.496 e. The molecule has 1 amide bonds. The Hall–Kier alpha value is -2.82. The van der Waals surface area contributed by atoms with Gasteiger partial charge < -0.3 is 10.1 Å². The van der Waals surface area contributed by atoms with Crippen molar-refractivity contribution in [2.75, 3.05) is 12.4 Å². The Kier molecular flexibility index (Phi) is 3.55. The van der Waals surface area contributed by atoms with Gasteiger partial charge in [0.2, 0.25) is 5.91 Å². The van der Waals surface area contributed by atoms with Gasteiger partial charge in [0.25, 0.3) is 0 Å². The number of hydrogen-bond acceptors (Lipinski definition) is 3. The van der Waals surface area contributed by atoms with E-state index in [9.17, 15) is 4.79 Å². The first-order valence-corrected chi connectivity index (χ1v) is 6.61. The van der Waals surface area contributed by atoms with Crippen molar-refractivity contribution in [1.29, 1.82) is 0 Å². The van der Waals surface area contributed by atoms with Gasteiger partial charge in [-0.25, -0.2) is 0 Å². The molecule has 106 valence electrons. The third-order valence-corrected chi connectivity index (χ3v) is 3.27. The van der Waals surface area contributed by atoms with Crippen LogP contribution in [0.1, 0.15) is 5.56 Å². The Balaban J connectivity index is 1.73. The number of nitrogens with zero attached hydrogens (tertiary/aromatic N) is 1. The Morgan fingerprint density at radius 2 is 2.14 bits per heavy atom. The van der Waals surface area contributed by atoms with E-state index in [0.29, 0.717) is 0 Å². The van der Waals surface area contributed by atoms with Gasteiger partial charge in [-0.05, 0) is 24.3 Å². The first-order chi connectivity index (χ1) is 10.3. The molecule has 0 aliphatic heterocycles. The summed E-state index contributed by atoms with van der Waals surface area (Å²) in [4.78, 5) is 12.1. The van der Waals surface area contributed by atoms with Crippen molar-refractivity contribution in [3.8, 4) is 5.75 Å². The highest BCUT2D eigenvalue weighted by molar-refractivity contribution is 5.94. The third-order valence-electron chi connectivity index (χ3n) is 3.27. The number of carbonyl (C=O) groups excluding carboxylic acids is 1. The Labute approximate surface area is 121 Å². The van der Waals surface area contributed by atoms with Crippen molar-refractivity contribution >= 4 is 22.5 Å². The van der Waals surface area contributed by atoms with Gasteiger partial charge in [-0.1, -0.05) is 18.2 Å². The largest absolute Gasteiger partial charge is 0.496 e. The van der Waals surface area contributed by atoms with Gasteiger partial charge in [0.05, 0.1) is 25.2 Å². The van der Waals surface area contributed by atoms with Gasteiger partial charge in [0.15, 0.2) is 0 Å². The van der Waals surface area contributed by atoms with Crippen LogP contribution in [0.3, 0.4) is 0 Å². The molecule has 3 aromatic rings. The zero-order valence-corrected chi connectivity index (χ0v) is 11.6. The number of anilines is 1. The van der Waals surface area contributed by atoms with E-state index in [1.165, 1.54) is 0 Å². The molecule has 2 N–H and O–H groups in total. The monoisotopic (exact) mass is 281 g/mol. The molecule has 0 fully saturated rings. The quantitative estimate of drug-likeness (QED) is 0.772. The van der Waals surface area contributed by atoms with Crippen LogP contribution >= 0.6 is 0 Å². The summed E-state index contributed by atoms with van der Waals surface area (Å²) in [7, 11) is 1.60. The SMILES string of the molecule is COc1ccccc1CC(=O)Nc1ccc2cn[nH]c2c1. The van der Waals surface area contributed by atoms with Crippen LogP contribution in [0.25, 0.3) is 10.9 Å². The number of ether oxygens (including phenoxy) is 1. The van der Waals surface area contributed by atoms with Gasteiger partial charge in [0, 0.05) is 16.6 Å². The fourth-order valence-corrected chi connectivity index (χ4v) is 2.24. The normalized spacial score (nSPS) is 10.5. The van der Waals surface area contributed by atoms with E-state index in [1.807, 2.05) is 42.5 Å². The molecule has 3 rings (SSSR count). The second-order valence-electron chi connectivity index (χ2n) is 4.71. The first-order valence-electron chi connectivity index (χ1n) is 6.61. The number of benzene rings is 2. The molecule has 0 saturated heterocycles. The average molecular weight is 281 g/mol. The maximum atomic E-state index is 12.1. The summed E-state index contributed by atoms with van der Waals surface area (Å²) in [6, 6.07) is 13.1. The minimum absolute atomic E-state index is 0.0848. The molecule has 1 heterocycles. The van der Waals surface area contributed by atoms with Crippen molar-refractivity contribution in [3.05, 3.63) is 54.2 Å². The highest BCUT2D eigenvalue weighted by atomic mass is 16.5. The number of aromatic amines is 1. The van der Waals surface area contributed by atoms with Crippen LogP contribution in [-0.4, -0.2) is 23.2 Å². The van der Waals surface area contributed by atoms with Crippen LogP contribution in [0, 0.1) is 0 Å². The van der Waals surface area contributed by atoms with Crippen molar-refractivity contribution in [2.24, 2.45) is 0 Å². The smallest absolute Gasteiger partial charge is 0.228 e. The molecule has 0 aliphatic carbocycles. The molecular weight excluding hydrogens is 266 g/mol. The molecule has 0 radical (unpaired) electrons. The van der Waals surface area contributed by atoms with Crippen molar-refractivity contribution < 1.29 is 9.53 Å². The van der Waals surface area contributed by atoms with Crippen LogP contribution in [0.15, 0.2) is 48.7 Å². The molecule has 5 nitrogen and oxygen atoms in total. The van der Waals surface area contributed by atoms with E-state index in [-0.39, 0.29) is 12.3 Å². The fourth-order valence-electron chi connectivity index (χ4n) is 2.24. The highest BCUT2D eigenvalue weighted by Gasteiger charge is 2.09. The van der Waals surface area contributed by atoms with Crippen LogP contribution in [0.4, 0.5) is 5.69 Å². The summed E-state index contributed by atoms with van der Waals surface area (Å²) in [5.41, 5.74) is 2.50. The molecule has 0 saturated carbocycles. The molecule has 0 unspecified atom stereocenters. The summed E-state index contributed by atoms with van der Waals surface area (Å²) in [5.74, 6) is 0.634. The van der Waals surface area contributed by atoms with E-state index in [2.05, 4.69) is 15.5 Å². The zero-order valence-electron chi connectivity index (χ0n) is 11.6. The first kappa shape index (κ1) is 13.2. The number of fused-ring (bicyclic) bond motifs is 1. The molecule has 0 aliphatic rings. The minimum atomic E-state index is -0.0848. The van der Waals surface area contributed by atoms with Gasteiger partial charge in [-0.15, -0.1) is 0 Å². The topological polar surface area (TPSA) is 67.0 Å². The molecule has 2 aromatic carbocycles. The molecule has 0 atom stereocenters. The summed E-state index contributed by atoms with van der Waals surface area (Å²) >= 11 is 0. The van der Waals surface area contributed by atoms with Crippen LogP contribution in [0.2, 0.25) is 0 Å². The van der Waals surface area contributed by atoms with Crippen LogP contribution in [-0.2, 0) is 11.2 Å². The van der Waals surface area contributed by atoms with E-state index in [4.69, 9.17) is 4.74 Å². The molecular formula is C16H15N3O2. The van der Waals surface area contributed by atoms with Gasteiger partial charge >= 0.3 is 0 Å². The van der Waals surface area contributed by atoms with E-state index in [0.717, 1.165) is 27.9 Å². The number of rotatable bonds is 4. The lowest BCUT2D eigenvalue weighted by Crippen LogP contribution is -2.14. The second kappa shape index (κ2) is 5.66. The standard InChI is InChI=1S/C16H15N3O2/c1-21-15-5-3-2-4-11(15)8-16(20)18-13-7-6-12-10-17-19-14(12)9-13/h2-7,9-10H,8H2,1H3,(H,17,19)(H,18,20). The molecule has 21 heavy (non-hydrogen) atoms. The number of nitrogens with one attached hydrogen (secondary N) is 2. The lowest BCUT2D eigenvalue weighted by molar-refractivity contribution is -0.115. The predicted octanol–water partition coefficient (Wildman–Crippen LogP) is 2.75. The van der Waals surface area contributed by atoms with Crippen molar-refractivity contribution in [1.82, 2.24) is 10.2 Å². The Bertz CT molecular complexity index is 780. The number of para-hydroxylation sites is 1. The Morgan fingerprint density at radius 3 is 3.00 bits per heavy atom. The number of carbonyl (C=O) groups is 1.